The van der Waals surface area contributed by atoms with E-state index in [0.717, 1.165) is 27.5 Å². The number of aromatic nitrogens is 1. The number of aryl methyl sites for hydroxylation is 1. The largest absolute Gasteiger partial charge is 0.454 e. The molecule has 0 fully saturated rings. The number of halogens is 1. The number of benzene rings is 4. The lowest BCUT2D eigenvalue weighted by Gasteiger charge is -2.19. The zero-order chi connectivity index (χ0) is 32.2. The van der Waals surface area contributed by atoms with Crippen LogP contribution in [-0.2, 0) is 12.5 Å². The van der Waals surface area contributed by atoms with Gasteiger partial charge < -0.3 is 4.42 Å². The summed E-state index contributed by atoms with van der Waals surface area (Å²) in [6.45, 7) is 12.2. The highest BCUT2D eigenvalue weighted by Gasteiger charge is 2.37. The van der Waals surface area contributed by atoms with Crippen LogP contribution in [-0.4, -0.2) is 8.07 Å². The van der Waals surface area contributed by atoms with Crippen LogP contribution in [0.1, 0.15) is 40.2 Å². The van der Waals surface area contributed by atoms with E-state index in [0.29, 0.717) is 22.3 Å². The average molecular weight is 584 g/mol. The Morgan fingerprint density at radius 3 is 2.30 bits per heavy atom. The van der Waals surface area contributed by atoms with Gasteiger partial charge in [0, 0.05) is 22.4 Å². The molecule has 6 aromatic rings. The first-order valence-electron chi connectivity index (χ1n) is 15.6. The Morgan fingerprint density at radius 1 is 0.907 bits per heavy atom. The van der Waals surface area contributed by atoms with Crippen LogP contribution >= 0.6 is 0 Å². The molecule has 212 valence electrons. The van der Waals surface area contributed by atoms with E-state index in [9.17, 15) is 5.26 Å². The van der Waals surface area contributed by atoms with Gasteiger partial charge in [-0.2, -0.15) is 5.26 Å². The first-order chi connectivity index (χ1) is 21.3. The highest BCUT2D eigenvalue weighted by molar-refractivity contribution is 7.03. The molecular weight excluding hydrogens is 548 g/mol. The Bertz CT molecular complexity index is 2280. The van der Waals surface area contributed by atoms with Crippen molar-refractivity contribution in [2.24, 2.45) is 7.05 Å². The van der Waals surface area contributed by atoms with Gasteiger partial charge in [-0.05, 0) is 57.1 Å². The lowest BCUT2D eigenvalue weighted by Crippen LogP contribution is -2.49. The van der Waals surface area contributed by atoms with Gasteiger partial charge in [0.15, 0.2) is 6.17 Å². The number of hydrogen-bond acceptors (Lipinski definition) is 2. The zero-order valence-electron chi connectivity index (χ0n) is 27.5. The van der Waals surface area contributed by atoms with Crippen LogP contribution in [0.3, 0.4) is 0 Å². The summed E-state index contributed by atoms with van der Waals surface area (Å²) < 4.78 is 42.1. The van der Waals surface area contributed by atoms with Gasteiger partial charge in [-0.3, -0.25) is 0 Å². The molecule has 0 spiro atoms. The number of hydrogen-bond donors (Lipinski definition) is 0. The molecule has 43 heavy (non-hydrogen) atoms. The molecule has 0 aliphatic carbocycles. The summed E-state index contributed by atoms with van der Waals surface area (Å²) in [6.07, 6.45) is 0.0249. The van der Waals surface area contributed by atoms with Crippen LogP contribution in [0.5, 0.6) is 0 Å². The lowest BCUT2D eigenvalue weighted by atomic mass is 9.87. The monoisotopic (exact) mass is 583 g/mol. The summed E-state index contributed by atoms with van der Waals surface area (Å²) in [7, 11) is -0.258. The second-order valence-corrected chi connectivity index (χ2v) is 17.6. The van der Waals surface area contributed by atoms with Crippen molar-refractivity contribution < 1.29 is 16.1 Å². The van der Waals surface area contributed by atoms with Crippen molar-refractivity contribution >= 4 is 40.4 Å². The fourth-order valence-electron chi connectivity index (χ4n) is 6.79. The topological polar surface area (TPSA) is 40.8 Å². The zero-order valence-corrected chi connectivity index (χ0v) is 26.5. The fraction of sp³-hybridized carbons (Fsp3) is 0.211. The number of nitrogens with zero attached hydrogens (tertiary/aromatic N) is 2. The summed E-state index contributed by atoms with van der Waals surface area (Å²) in [5, 5.41) is 14.7. The molecule has 0 unspecified atom stereocenters. The van der Waals surface area contributed by atoms with E-state index < -0.39 is 19.3 Å². The minimum Gasteiger partial charge on any atom is -0.454 e. The molecular formula is C38H34FN2OSi+. The molecule has 1 aliphatic heterocycles. The number of furan rings is 1. The number of rotatable bonds is 2. The predicted molar refractivity (Wildman–Crippen MR) is 176 cm³/mol. The summed E-state index contributed by atoms with van der Waals surface area (Å²) in [6, 6.07) is 24.9. The number of pyridine rings is 1. The van der Waals surface area contributed by atoms with E-state index in [2.05, 4.69) is 61.6 Å². The highest BCUT2D eigenvalue weighted by Crippen LogP contribution is 2.43. The normalized spacial score (nSPS) is 14.4. The van der Waals surface area contributed by atoms with E-state index >= 15 is 4.39 Å². The molecule has 0 amide bonds. The molecule has 0 saturated heterocycles. The molecule has 5 heteroatoms. The second kappa shape index (κ2) is 9.23. The highest BCUT2D eigenvalue weighted by atomic mass is 28.3. The predicted octanol–water partition coefficient (Wildman–Crippen LogP) is 8.16. The van der Waals surface area contributed by atoms with E-state index in [1.807, 2.05) is 52.0 Å². The van der Waals surface area contributed by atoms with Crippen LogP contribution in [0.15, 0.2) is 83.4 Å². The maximum atomic E-state index is 15.9. The number of fused-ring (bicyclic) bond motifs is 6. The van der Waals surface area contributed by atoms with Crippen LogP contribution in [0.4, 0.5) is 4.39 Å². The van der Waals surface area contributed by atoms with Crippen molar-refractivity contribution in [2.45, 2.75) is 46.2 Å². The van der Waals surface area contributed by atoms with Crippen molar-refractivity contribution in [1.29, 1.82) is 5.26 Å². The molecule has 0 saturated carbocycles. The molecule has 1 aliphatic rings. The third-order valence-corrected chi connectivity index (χ3v) is 12.6. The van der Waals surface area contributed by atoms with Gasteiger partial charge in [-0.25, -0.2) is 8.96 Å². The van der Waals surface area contributed by atoms with Crippen LogP contribution < -0.4 is 14.9 Å². The third kappa shape index (κ3) is 3.93. The Balaban J connectivity index is 1.53. The quantitative estimate of drug-likeness (QED) is 0.152. The SMILES string of the molecule is [2H]c1c(F)c(C(C)(C)C)c([2H])[n+](C)c1-c1c(C)ccc2c1oc1c(-c3ccc4c(c3)[Si](C)(C)c3ccccc3-4)c(C#N)ccc12. The van der Waals surface area contributed by atoms with Crippen LogP contribution in [0, 0.1) is 24.1 Å². The number of nitriles is 1. The second-order valence-electron chi connectivity index (χ2n) is 13.2. The van der Waals surface area contributed by atoms with E-state index in [1.54, 1.807) is 11.6 Å². The van der Waals surface area contributed by atoms with Gasteiger partial charge in [0.05, 0.1) is 24.1 Å². The standard InChI is InChI=1S/C38H34FN2OSi/c1-22-12-15-27-28-17-14-24(20-40)35(23-13-16-26-25-10-8-9-11-32(25)43(6,7)33(26)18-23)37(28)42-36(27)34(22)31-19-30(39)29(21-41(31)5)38(2,3)4/h8-19,21H,1-7H3/q+1/i19D,21D. The first-order valence-corrected chi connectivity index (χ1v) is 17.6. The lowest BCUT2D eigenvalue weighted by molar-refractivity contribution is -0.661. The van der Waals surface area contributed by atoms with Gasteiger partial charge in [-0.1, -0.05) is 88.5 Å². The van der Waals surface area contributed by atoms with Crippen LogP contribution in [0.2, 0.25) is 13.1 Å². The molecule has 2 aromatic heterocycles. The van der Waals surface area contributed by atoms with E-state index in [1.165, 1.54) is 21.5 Å². The Morgan fingerprint density at radius 2 is 1.58 bits per heavy atom. The Hall–Kier alpha value is -4.53. The van der Waals surface area contributed by atoms with Gasteiger partial charge in [0.25, 0.3) is 0 Å². The smallest absolute Gasteiger partial charge is 0.219 e. The average Bonchev–Trinajstić information content (AvgIpc) is 3.48. The molecule has 7 rings (SSSR count). The van der Waals surface area contributed by atoms with Crippen LogP contribution in [0.25, 0.3) is 55.4 Å². The maximum Gasteiger partial charge on any atom is 0.219 e. The summed E-state index contributed by atoms with van der Waals surface area (Å²) in [4.78, 5) is 0. The summed E-state index contributed by atoms with van der Waals surface area (Å²) in [5.41, 5.74) is 7.01. The maximum absolute atomic E-state index is 15.9. The fourth-order valence-corrected chi connectivity index (χ4v) is 9.89. The molecule has 0 bridgehead atoms. The molecule has 0 radical (unpaired) electrons. The van der Waals surface area contributed by atoms with Crippen molar-refractivity contribution in [3.63, 3.8) is 0 Å². The molecule has 4 aromatic carbocycles. The summed E-state index contributed by atoms with van der Waals surface area (Å²) >= 11 is 0. The molecule has 3 nitrogen and oxygen atoms in total. The third-order valence-electron chi connectivity index (χ3n) is 9.06. The van der Waals surface area contributed by atoms with Crippen molar-refractivity contribution in [3.8, 4) is 39.6 Å². The summed E-state index contributed by atoms with van der Waals surface area (Å²) in [5.74, 6) is -0.688. The van der Waals surface area contributed by atoms with Gasteiger partial charge in [0.1, 0.15) is 33.5 Å². The van der Waals surface area contributed by atoms with Crippen molar-refractivity contribution in [1.82, 2.24) is 0 Å². The molecule has 0 N–H and O–H groups in total. The van der Waals surface area contributed by atoms with Crippen molar-refractivity contribution in [3.05, 3.63) is 101 Å². The minimum absolute atomic E-state index is 0.0249. The van der Waals surface area contributed by atoms with Gasteiger partial charge >= 0.3 is 0 Å². The Kier molecular flexibility index (Phi) is 5.37. The van der Waals surface area contributed by atoms with Crippen molar-refractivity contribution in [2.75, 3.05) is 0 Å². The first kappa shape index (κ1) is 25.0. The Labute approximate surface area is 255 Å². The van der Waals surface area contributed by atoms with E-state index in [-0.39, 0.29) is 23.5 Å². The van der Waals surface area contributed by atoms with E-state index in [4.69, 9.17) is 7.16 Å². The molecule has 0 atom stereocenters. The van der Waals surface area contributed by atoms with Gasteiger partial charge in [-0.15, -0.1) is 0 Å². The van der Waals surface area contributed by atoms with Gasteiger partial charge in [0.2, 0.25) is 5.69 Å². The minimum atomic E-state index is -1.97. The molecule has 3 heterocycles.